The molecule has 3 atom stereocenters. The standard InChI is InChI=1S/C17H24N2O2/c1-12-5-3-4-6-15(12)16-10-19(13(2)11-21-16)17(20)14-7-8-18-9-14/h3-6,13-14,16,18H,7-11H2,1-2H3. The SMILES string of the molecule is Cc1ccccc1C1CN(C(=O)C2CCNC2)C(C)CO1. The Kier molecular flexibility index (Phi) is 4.27. The minimum Gasteiger partial charge on any atom is -0.370 e. The van der Waals surface area contributed by atoms with E-state index in [0.717, 1.165) is 19.5 Å². The van der Waals surface area contributed by atoms with E-state index >= 15 is 0 Å². The molecule has 0 aromatic heterocycles. The average Bonchev–Trinajstić information content (AvgIpc) is 3.02. The molecule has 0 radical (unpaired) electrons. The third kappa shape index (κ3) is 2.97. The second-order valence-corrected chi connectivity index (χ2v) is 6.21. The Hall–Kier alpha value is -1.39. The quantitative estimate of drug-likeness (QED) is 0.903. The maximum absolute atomic E-state index is 12.7. The van der Waals surface area contributed by atoms with Crippen LogP contribution in [0, 0.1) is 12.8 Å². The van der Waals surface area contributed by atoms with E-state index in [9.17, 15) is 4.79 Å². The number of aryl methyl sites for hydroxylation is 1. The van der Waals surface area contributed by atoms with E-state index < -0.39 is 0 Å². The van der Waals surface area contributed by atoms with Gasteiger partial charge < -0.3 is 15.0 Å². The summed E-state index contributed by atoms with van der Waals surface area (Å²) >= 11 is 0. The van der Waals surface area contributed by atoms with Crippen LogP contribution in [0.5, 0.6) is 0 Å². The zero-order valence-corrected chi connectivity index (χ0v) is 12.8. The van der Waals surface area contributed by atoms with Gasteiger partial charge in [-0.3, -0.25) is 4.79 Å². The number of hydrogen-bond acceptors (Lipinski definition) is 3. The molecule has 21 heavy (non-hydrogen) atoms. The first kappa shape index (κ1) is 14.5. The number of carbonyl (C=O) groups is 1. The second-order valence-electron chi connectivity index (χ2n) is 6.21. The lowest BCUT2D eigenvalue weighted by Crippen LogP contribution is -2.50. The van der Waals surface area contributed by atoms with Crippen LogP contribution in [0.1, 0.15) is 30.6 Å². The van der Waals surface area contributed by atoms with Crippen LogP contribution < -0.4 is 5.32 Å². The zero-order valence-electron chi connectivity index (χ0n) is 12.8. The Labute approximate surface area is 126 Å². The van der Waals surface area contributed by atoms with Gasteiger partial charge in [0.1, 0.15) is 6.10 Å². The minimum absolute atomic E-state index is 0.000659. The van der Waals surface area contributed by atoms with Gasteiger partial charge in [-0.2, -0.15) is 0 Å². The summed E-state index contributed by atoms with van der Waals surface area (Å²) in [4.78, 5) is 14.7. The third-order valence-corrected chi connectivity index (χ3v) is 4.66. The van der Waals surface area contributed by atoms with E-state index in [1.165, 1.54) is 11.1 Å². The van der Waals surface area contributed by atoms with Crippen LogP contribution >= 0.6 is 0 Å². The van der Waals surface area contributed by atoms with E-state index in [1.54, 1.807) is 0 Å². The van der Waals surface area contributed by atoms with Gasteiger partial charge in [0.15, 0.2) is 0 Å². The van der Waals surface area contributed by atoms with Crippen LogP contribution in [0.4, 0.5) is 0 Å². The number of nitrogens with one attached hydrogen (secondary N) is 1. The highest BCUT2D eigenvalue weighted by Crippen LogP contribution is 2.28. The van der Waals surface area contributed by atoms with Crippen molar-refractivity contribution in [2.75, 3.05) is 26.2 Å². The molecule has 1 aromatic carbocycles. The monoisotopic (exact) mass is 288 g/mol. The first-order chi connectivity index (χ1) is 10.2. The number of hydrogen-bond donors (Lipinski definition) is 1. The lowest BCUT2D eigenvalue weighted by Gasteiger charge is -2.39. The average molecular weight is 288 g/mol. The molecule has 2 aliphatic heterocycles. The van der Waals surface area contributed by atoms with Crippen LogP contribution in [-0.4, -0.2) is 43.1 Å². The molecule has 0 aliphatic carbocycles. The maximum Gasteiger partial charge on any atom is 0.227 e. The van der Waals surface area contributed by atoms with Crippen molar-refractivity contribution in [3.05, 3.63) is 35.4 Å². The van der Waals surface area contributed by atoms with Gasteiger partial charge in [-0.25, -0.2) is 0 Å². The van der Waals surface area contributed by atoms with Gasteiger partial charge in [-0.1, -0.05) is 24.3 Å². The molecule has 3 rings (SSSR count). The number of morpholine rings is 1. The minimum atomic E-state index is 0.000659. The van der Waals surface area contributed by atoms with Gasteiger partial charge in [0, 0.05) is 6.54 Å². The lowest BCUT2D eigenvalue weighted by molar-refractivity contribution is -0.148. The second kappa shape index (κ2) is 6.16. The summed E-state index contributed by atoms with van der Waals surface area (Å²) in [6.07, 6.45) is 0.957. The molecule has 4 nitrogen and oxygen atoms in total. The van der Waals surface area contributed by atoms with Gasteiger partial charge in [-0.15, -0.1) is 0 Å². The molecule has 2 heterocycles. The van der Waals surface area contributed by atoms with Gasteiger partial charge in [-0.05, 0) is 37.9 Å². The zero-order chi connectivity index (χ0) is 14.8. The summed E-state index contributed by atoms with van der Waals surface area (Å²) in [5.41, 5.74) is 2.43. The molecule has 1 amide bonds. The Balaban J connectivity index is 1.75. The maximum atomic E-state index is 12.7. The summed E-state index contributed by atoms with van der Waals surface area (Å²) < 4.78 is 5.99. The van der Waals surface area contributed by atoms with E-state index in [4.69, 9.17) is 4.74 Å². The summed E-state index contributed by atoms with van der Waals surface area (Å²) in [5.74, 6) is 0.428. The molecule has 4 heteroatoms. The van der Waals surface area contributed by atoms with Gasteiger partial charge in [0.05, 0.1) is 25.1 Å². The first-order valence-electron chi connectivity index (χ1n) is 7.85. The highest BCUT2D eigenvalue weighted by atomic mass is 16.5. The molecule has 3 unspecified atom stereocenters. The fourth-order valence-electron chi connectivity index (χ4n) is 3.30. The predicted molar refractivity (Wildman–Crippen MR) is 82.0 cm³/mol. The molecule has 2 fully saturated rings. The Morgan fingerprint density at radius 1 is 1.38 bits per heavy atom. The van der Waals surface area contributed by atoms with E-state index in [2.05, 4.69) is 31.3 Å². The molecule has 1 aromatic rings. The predicted octanol–water partition coefficient (Wildman–Crippen LogP) is 1.89. The molecule has 0 spiro atoms. The van der Waals surface area contributed by atoms with E-state index in [1.807, 2.05) is 17.0 Å². The van der Waals surface area contributed by atoms with Crippen molar-refractivity contribution in [2.24, 2.45) is 5.92 Å². The summed E-state index contributed by atoms with van der Waals surface area (Å²) in [7, 11) is 0. The van der Waals surface area contributed by atoms with Crippen molar-refractivity contribution >= 4 is 5.91 Å². The van der Waals surface area contributed by atoms with Gasteiger partial charge in [0.2, 0.25) is 5.91 Å². The van der Waals surface area contributed by atoms with Crippen molar-refractivity contribution in [1.29, 1.82) is 0 Å². The highest BCUT2D eigenvalue weighted by Gasteiger charge is 2.35. The molecular formula is C17H24N2O2. The molecule has 2 saturated heterocycles. The van der Waals surface area contributed by atoms with Crippen LogP contribution in [0.3, 0.4) is 0 Å². The smallest absolute Gasteiger partial charge is 0.227 e. The molecule has 0 bridgehead atoms. The number of amides is 1. The third-order valence-electron chi connectivity index (χ3n) is 4.66. The molecular weight excluding hydrogens is 264 g/mol. The first-order valence-corrected chi connectivity index (χ1v) is 7.85. The molecule has 114 valence electrons. The molecule has 1 N–H and O–H groups in total. The molecule has 2 aliphatic rings. The van der Waals surface area contributed by atoms with Crippen LogP contribution in [0.2, 0.25) is 0 Å². The summed E-state index contributed by atoms with van der Waals surface area (Å²) in [6, 6.07) is 8.45. The largest absolute Gasteiger partial charge is 0.370 e. The fourth-order valence-corrected chi connectivity index (χ4v) is 3.30. The van der Waals surface area contributed by atoms with Gasteiger partial charge in [0.25, 0.3) is 0 Å². The van der Waals surface area contributed by atoms with Crippen molar-refractivity contribution in [2.45, 2.75) is 32.4 Å². The van der Waals surface area contributed by atoms with Crippen molar-refractivity contribution in [3.8, 4) is 0 Å². The van der Waals surface area contributed by atoms with Crippen LogP contribution in [-0.2, 0) is 9.53 Å². The van der Waals surface area contributed by atoms with Crippen LogP contribution in [0.15, 0.2) is 24.3 Å². The number of benzene rings is 1. The number of nitrogens with zero attached hydrogens (tertiary/aromatic N) is 1. The Bertz CT molecular complexity index is 511. The number of rotatable bonds is 2. The highest BCUT2D eigenvalue weighted by molar-refractivity contribution is 5.80. The Morgan fingerprint density at radius 2 is 2.19 bits per heavy atom. The van der Waals surface area contributed by atoms with E-state index in [-0.39, 0.29) is 24.0 Å². The number of ether oxygens (including phenoxy) is 1. The van der Waals surface area contributed by atoms with E-state index in [0.29, 0.717) is 13.2 Å². The van der Waals surface area contributed by atoms with Crippen LogP contribution in [0.25, 0.3) is 0 Å². The number of carbonyl (C=O) groups excluding carboxylic acids is 1. The van der Waals surface area contributed by atoms with Crippen molar-refractivity contribution < 1.29 is 9.53 Å². The van der Waals surface area contributed by atoms with Crippen molar-refractivity contribution in [3.63, 3.8) is 0 Å². The summed E-state index contributed by atoms with van der Waals surface area (Å²) in [6.45, 7) is 7.23. The summed E-state index contributed by atoms with van der Waals surface area (Å²) in [5, 5.41) is 3.28. The fraction of sp³-hybridized carbons (Fsp3) is 0.588. The molecule has 0 saturated carbocycles. The normalized spacial score (nSPS) is 29.6. The lowest BCUT2D eigenvalue weighted by atomic mass is 9.99. The van der Waals surface area contributed by atoms with Crippen molar-refractivity contribution in [1.82, 2.24) is 10.2 Å². The van der Waals surface area contributed by atoms with Gasteiger partial charge >= 0.3 is 0 Å². The Morgan fingerprint density at radius 3 is 2.90 bits per heavy atom. The topological polar surface area (TPSA) is 41.6 Å².